The predicted octanol–water partition coefficient (Wildman–Crippen LogP) is 2.61. The van der Waals surface area contributed by atoms with Crippen LogP contribution in [-0.2, 0) is 6.54 Å². The van der Waals surface area contributed by atoms with E-state index in [2.05, 4.69) is 21.8 Å². The molecule has 0 aromatic carbocycles. The van der Waals surface area contributed by atoms with Gasteiger partial charge in [-0.3, -0.25) is 0 Å². The van der Waals surface area contributed by atoms with E-state index in [0.29, 0.717) is 6.04 Å². The minimum Gasteiger partial charge on any atom is -0.468 e. The highest BCUT2D eigenvalue weighted by molar-refractivity contribution is 5.02. The zero-order chi connectivity index (χ0) is 11.9. The second kappa shape index (κ2) is 6.25. The van der Waals surface area contributed by atoms with Gasteiger partial charge in [0.15, 0.2) is 0 Å². The van der Waals surface area contributed by atoms with Crippen LogP contribution in [0.5, 0.6) is 0 Å². The van der Waals surface area contributed by atoms with E-state index in [9.17, 15) is 0 Å². The number of unbranched alkanes of at least 4 members (excludes halogenated alkanes) is 1. The third kappa shape index (κ3) is 3.75. The Morgan fingerprint density at radius 1 is 1.47 bits per heavy atom. The number of nitrogens with one attached hydrogen (secondary N) is 1. The smallest absolute Gasteiger partial charge is 0.120 e. The van der Waals surface area contributed by atoms with Gasteiger partial charge >= 0.3 is 0 Å². The summed E-state index contributed by atoms with van der Waals surface area (Å²) in [7, 11) is 0. The van der Waals surface area contributed by atoms with E-state index in [4.69, 9.17) is 4.42 Å². The van der Waals surface area contributed by atoms with Crippen LogP contribution >= 0.6 is 0 Å². The third-order valence-corrected chi connectivity index (χ3v) is 2.82. The Bertz CT molecular complexity index is 394. The van der Waals surface area contributed by atoms with E-state index in [1.165, 1.54) is 0 Å². The van der Waals surface area contributed by atoms with Crippen LogP contribution < -0.4 is 5.32 Å². The number of nitrogens with zero attached hydrogens (tertiary/aromatic N) is 2. The minimum atomic E-state index is 0.290. The number of aryl methyl sites for hydroxylation is 1. The molecule has 2 rings (SSSR count). The van der Waals surface area contributed by atoms with Crippen LogP contribution in [0.1, 0.15) is 31.6 Å². The summed E-state index contributed by atoms with van der Waals surface area (Å²) in [4.78, 5) is 4.02. The first-order chi connectivity index (χ1) is 8.36. The number of rotatable bonds is 7. The van der Waals surface area contributed by atoms with Gasteiger partial charge in [0.2, 0.25) is 0 Å². The average molecular weight is 233 g/mol. The van der Waals surface area contributed by atoms with Crippen LogP contribution in [0.25, 0.3) is 0 Å². The molecule has 1 atom stereocenters. The lowest BCUT2D eigenvalue weighted by molar-refractivity contribution is 0.424. The molecule has 0 aliphatic carbocycles. The van der Waals surface area contributed by atoms with E-state index >= 15 is 0 Å². The summed E-state index contributed by atoms with van der Waals surface area (Å²) in [6.45, 7) is 4.17. The molecule has 0 aliphatic heterocycles. The van der Waals surface area contributed by atoms with Gasteiger partial charge in [-0.2, -0.15) is 0 Å². The Balaban J connectivity index is 1.57. The predicted molar refractivity (Wildman–Crippen MR) is 66.6 cm³/mol. The van der Waals surface area contributed by atoms with Gasteiger partial charge in [0.05, 0.1) is 18.6 Å². The molecule has 4 nitrogen and oxygen atoms in total. The topological polar surface area (TPSA) is 43.0 Å². The summed E-state index contributed by atoms with van der Waals surface area (Å²) >= 11 is 0. The largest absolute Gasteiger partial charge is 0.468 e. The Morgan fingerprint density at radius 3 is 3.12 bits per heavy atom. The van der Waals surface area contributed by atoms with Crippen molar-refractivity contribution in [2.45, 2.75) is 32.4 Å². The van der Waals surface area contributed by atoms with E-state index in [0.717, 1.165) is 31.7 Å². The molecule has 0 saturated heterocycles. The van der Waals surface area contributed by atoms with Crippen LogP contribution in [0.2, 0.25) is 0 Å². The van der Waals surface area contributed by atoms with Gasteiger partial charge in [0, 0.05) is 18.9 Å². The molecule has 0 fully saturated rings. The lowest BCUT2D eigenvalue weighted by atomic mass is 10.2. The summed E-state index contributed by atoms with van der Waals surface area (Å²) in [5.74, 6) is 1.000. The summed E-state index contributed by atoms with van der Waals surface area (Å²) in [5.41, 5.74) is 0. The molecule has 1 unspecified atom stereocenters. The molecule has 0 spiro atoms. The number of furan rings is 1. The highest BCUT2D eigenvalue weighted by atomic mass is 16.3. The maximum absolute atomic E-state index is 5.34. The quantitative estimate of drug-likeness (QED) is 0.747. The second-order valence-electron chi connectivity index (χ2n) is 4.20. The van der Waals surface area contributed by atoms with Crippen LogP contribution in [-0.4, -0.2) is 16.1 Å². The first-order valence-electron chi connectivity index (χ1n) is 6.09. The fourth-order valence-electron chi connectivity index (χ4n) is 1.80. The van der Waals surface area contributed by atoms with E-state index < -0.39 is 0 Å². The van der Waals surface area contributed by atoms with Gasteiger partial charge in [-0.15, -0.1) is 0 Å². The molecule has 2 aromatic rings. The third-order valence-electron chi connectivity index (χ3n) is 2.82. The highest BCUT2D eigenvalue weighted by Crippen LogP contribution is 2.11. The van der Waals surface area contributed by atoms with E-state index in [1.54, 1.807) is 6.26 Å². The van der Waals surface area contributed by atoms with Crippen LogP contribution in [0, 0.1) is 0 Å². The van der Waals surface area contributed by atoms with Crippen molar-refractivity contribution in [3.8, 4) is 0 Å². The molecule has 0 radical (unpaired) electrons. The normalized spacial score (nSPS) is 12.8. The van der Waals surface area contributed by atoms with E-state index in [1.807, 2.05) is 30.9 Å². The zero-order valence-corrected chi connectivity index (χ0v) is 10.2. The van der Waals surface area contributed by atoms with Crippen molar-refractivity contribution in [2.75, 3.05) is 6.54 Å². The molecule has 2 heterocycles. The van der Waals surface area contributed by atoms with Gasteiger partial charge in [0.25, 0.3) is 0 Å². The fourth-order valence-corrected chi connectivity index (χ4v) is 1.80. The highest BCUT2D eigenvalue weighted by Gasteiger charge is 2.05. The van der Waals surface area contributed by atoms with Crippen molar-refractivity contribution < 1.29 is 4.42 Å². The molecular formula is C13H19N3O. The van der Waals surface area contributed by atoms with Crippen LogP contribution in [0.3, 0.4) is 0 Å². The zero-order valence-electron chi connectivity index (χ0n) is 10.2. The van der Waals surface area contributed by atoms with Crippen molar-refractivity contribution in [2.24, 2.45) is 0 Å². The monoisotopic (exact) mass is 233 g/mol. The lowest BCUT2D eigenvalue weighted by Gasteiger charge is -2.10. The SMILES string of the molecule is CC(NCCCCn1ccnc1)c1ccco1. The van der Waals surface area contributed by atoms with Crippen molar-refractivity contribution in [3.05, 3.63) is 42.9 Å². The number of hydrogen-bond donors (Lipinski definition) is 1. The molecule has 17 heavy (non-hydrogen) atoms. The maximum atomic E-state index is 5.34. The van der Waals surface area contributed by atoms with Gasteiger partial charge in [-0.25, -0.2) is 4.98 Å². The van der Waals surface area contributed by atoms with Gasteiger partial charge < -0.3 is 14.3 Å². The Kier molecular flexibility index (Phi) is 4.38. The summed E-state index contributed by atoms with van der Waals surface area (Å²) < 4.78 is 7.44. The first-order valence-corrected chi connectivity index (χ1v) is 6.09. The van der Waals surface area contributed by atoms with Crippen LogP contribution in [0.4, 0.5) is 0 Å². The molecule has 1 N–H and O–H groups in total. The summed E-state index contributed by atoms with van der Waals surface area (Å²) in [6.07, 6.45) is 9.71. The number of imidazole rings is 1. The standard InChI is InChI=1S/C13H19N3O/c1-12(13-5-4-10-17-13)15-6-2-3-8-16-9-7-14-11-16/h4-5,7,9-12,15H,2-3,6,8H2,1H3. The van der Waals surface area contributed by atoms with Crippen LogP contribution in [0.15, 0.2) is 41.5 Å². The van der Waals surface area contributed by atoms with E-state index in [-0.39, 0.29) is 0 Å². The second-order valence-corrected chi connectivity index (χ2v) is 4.20. The molecule has 0 saturated carbocycles. The molecule has 0 bridgehead atoms. The van der Waals surface area contributed by atoms with Gasteiger partial charge in [-0.1, -0.05) is 0 Å². The molecule has 4 heteroatoms. The van der Waals surface area contributed by atoms with Gasteiger partial charge in [-0.05, 0) is 38.4 Å². The molecule has 0 aliphatic rings. The summed E-state index contributed by atoms with van der Waals surface area (Å²) in [6, 6.07) is 4.22. The lowest BCUT2D eigenvalue weighted by Crippen LogP contribution is -2.19. The average Bonchev–Trinajstić information content (AvgIpc) is 3.01. The van der Waals surface area contributed by atoms with Crippen molar-refractivity contribution in [1.29, 1.82) is 0 Å². The summed E-state index contributed by atoms with van der Waals surface area (Å²) in [5, 5.41) is 3.45. The van der Waals surface area contributed by atoms with Crippen molar-refractivity contribution >= 4 is 0 Å². The molecule has 92 valence electrons. The number of aromatic nitrogens is 2. The molecule has 2 aromatic heterocycles. The maximum Gasteiger partial charge on any atom is 0.120 e. The molecule has 0 amide bonds. The van der Waals surface area contributed by atoms with Crippen molar-refractivity contribution in [3.63, 3.8) is 0 Å². The minimum absolute atomic E-state index is 0.290. The Hall–Kier alpha value is -1.55. The number of hydrogen-bond acceptors (Lipinski definition) is 3. The Labute approximate surface area is 102 Å². The Morgan fingerprint density at radius 2 is 2.41 bits per heavy atom. The van der Waals surface area contributed by atoms with Crippen molar-refractivity contribution in [1.82, 2.24) is 14.9 Å². The van der Waals surface area contributed by atoms with Gasteiger partial charge in [0.1, 0.15) is 5.76 Å². The first kappa shape index (κ1) is 11.9. The molecular weight excluding hydrogens is 214 g/mol. The fraction of sp³-hybridized carbons (Fsp3) is 0.462.